The van der Waals surface area contributed by atoms with E-state index in [0.717, 1.165) is 16.4 Å². The molecule has 0 heterocycles. The first kappa shape index (κ1) is 15.3. The van der Waals surface area contributed by atoms with Crippen LogP contribution in [0.25, 0.3) is 0 Å². The van der Waals surface area contributed by atoms with Gasteiger partial charge in [-0.1, -0.05) is 32.6 Å². The zero-order chi connectivity index (χ0) is 13.4. The zero-order valence-electron chi connectivity index (χ0n) is 10.6. The Labute approximate surface area is 122 Å². The summed E-state index contributed by atoms with van der Waals surface area (Å²) >= 11 is 2.10. The van der Waals surface area contributed by atoms with Crippen LogP contribution in [0.15, 0.2) is 18.2 Å². The minimum absolute atomic E-state index is 0.246. The summed E-state index contributed by atoms with van der Waals surface area (Å²) in [7, 11) is 0. The van der Waals surface area contributed by atoms with E-state index in [4.69, 9.17) is 9.84 Å². The molecular weight excluding hydrogens is 343 g/mol. The number of ether oxygens (including phenoxy) is 1. The smallest absolute Gasteiger partial charge is 0.339 e. The maximum absolute atomic E-state index is 11.1. The summed E-state index contributed by atoms with van der Waals surface area (Å²) in [5, 5.41) is 9.08. The first-order chi connectivity index (χ1) is 8.65. The van der Waals surface area contributed by atoms with Gasteiger partial charge in [0.05, 0.1) is 6.61 Å². The van der Waals surface area contributed by atoms with Gasteiger partial charge in [0.25, 0.3) is 0 Å². The molecule has 1 rings (SSSR count). The molecule has 0 saturated heterocycles. The quantitative estimate of drug-likeness (QED) is 0.553. The molecule has 1 aromatic carbocycles. The van der Waals surface area contributed by atoms with Crippen LogP contribution < -0.4 is 4.74 Å². The molecular formula is C14H19IO3. The number of carbonyl (C=O) groups is 1. The molecule has 0 atom stereocenters. The maximum Gasteiger partial charge on any atom is 0.339 e. The third-order valence-corrected chi connectivity index (χ3v) is 3.35. The zero-order valence-corrected chi connectivity index (χ0v) is 12.8. The van der Waals surface area contributed by atoms with E-state index in [1.54, 1.807) is 12.1 Å². The monoisotopic (exact) mass is 362 g/mol. The minimum Gasteiger partial charge on any atom is -0.493 e. The molecule has 0 aromatic heterocycles. The molecule has 0 spiro atoms. The van der Waals surface area contributed by atoms with Crippen molar-refractivity contribution in [3.05, 3.63) is 27.3 Å². The van der Waals surface area contributed by atoms with Gasteiger partial charge in [-0.3, -0.25) is 0 Å². The average molecular weight is 362 g/mol. The fraction of sp³-hybridized carbons (Fsp3) is 0.500. The van der Waals surface area contributed by atoms with Crippen LogP contribution in [-0.2, 0) is 0 Å². The lowest BCUT2D eigenvalue weighted by molar-refractivity contribution is 0.0692. The highest BCUT2D eigenvalue weighted by Gasteiger charge is 2.11. The Balaban J connectivity index is 2.44. The minimum atomic E-state index is -0.936. The predicted octanol–water partition coefficient (Wildman–Crippen LogP) is 4.34. The Morgan fingerprint density at radius 2 is 2.00 bits per heavy atom. The number of aromatic carboxylic acids is 1. The standard InChI is InChI=1S/C14H19IO3/c1-2-3-4-5-6-9-18-13-8-7-11(15)10-12(13)14(16)17/h7-8,10H,2-6,9H2,1H3,(H,16,17). The number of hydrogen-bond acceptors (Lipinski definition) is 2. The Bertz CT molecular complexity index is 391. The Morgan fingerprint density at radius 3 is 2.67 bits per heavy atom. The molecule has 0 radical (unpaired) electrons. The molecule has 18 heavy (non-hydrogen) atoms. The van der Waals surface area contributed by atoms with Crippen LogP contribution >= 0.6 is 22.6 Å². The van der Waals surface area contributed by atoms with Gasteiger partial charge in [0.1, 0.15) is 11.3 Å². The highest BCUT2D eigenvalue weighted by Crippen LogP contribution is 2.21. The Hall–Kier alpha value is -0.780. The van der Waals surface area contributed by atoms with E-state index in [2.05, 4.69) is 29.5 Å². The van der Waals surface area contributed by atoms with E-state index in [1.165, 1.54) is 19.3 Å². The number of carboxylic acid groups (broad SMARTS) is 1. The van der Waals surface area contributed by atoms with Crippen LogP contribution in [0.1, 0.15) is 49.4 Å². The largest absolute Gasteiger partial charge is 0.493 e. The number of benzene rings is 1. The topological polar surface area (TPSA) is 46.5 Å². The van der Waals surface area contributed by atoms with Crippen LogP contribution in [0, 0.1) is 3.57 Å². The SMILES string of the molecule is CCCCCCCOc1ccc(I)cc1C(=O)O. The van der Waals surface area contributed by atoms with Crippen molar-refractivity contribution in [2.75, 3.05) is 6.61 Å². The third-order valence-electron chi connectivity index (χ3n) is 2.68. The van der Waals surface area contributed by atoms with Crippen molar-refractivity contribution in [2.45, 2.75) is 39.0 Å². The fourth-order valence-electron chi connectivity index (χ4n) is 1.68. The van der Waals surface area contributed by atoms with E-state index < -0.39 is 5.97 Å². The molecule has 0 amide bonds. The van der Waals surface area contributed by atoms with Gasteiger partial charge in [-0.2, -0.15) is 0 Å². The number of halogens is 1. The predicted molar refractivity (Wildman–Crippen MR) is 80.4 cm³/mol. The molecule has 0 aliphatic carbocycles. The van der Waals surface area contributed by atoms with E-state index >= 15 is 0 Å². The van der Waals surface area contributed by atoms with Gasteiger partial charge >= 0.3 is 5.97 Å². The molecule has 0 unspecified atom stereocenters. The molecule has 1 aromatic rings. The van der Waals surface area contributed by atoms with Crippen molar-refractivity contribution in [3.8, 4) is 5.75 Å². The first-order valence-electron chi connectivity index (χ1n) is 6.30. The molecule has 1 N–H and O–H groups in total. The molecule has 0 aliphatic heterocycles. The second kappa shape index (κ2) is 8.34. The van der Waals surface area contributed by atoms with Crippen LogP contribution in [0.2, 0.25) is 0 Å². The summed E-state index contributed by atoms with van der Waals surface area (Å²) in [6.45, 7) is 2.77. The maximum atomic E-state index is 11.1. The molecule has 0 aliphatic rings. The highest BCUT2D eigenvalue weighted by molar-refractivity contribution is 14.1. The second-order valence-electron chi connectivity index (χ2n) is 4.21. The Kier molecular flexibility index (Phi) is 7.08. The average Bonchev–Trinajstić information content (AvgIpc) is 2.35. The third kappa shape index (κ3) is 5.25. The molecule has 4 heteroatoms. The van der Waals surface area contributed by atoms with Gasteiger partial charge in [0, 0.05) is 3.57 Å². The van der Waals surface area contributed by atoms with Crippen LogP contribution in [-0.4, -0.2) is 17.7 Å². The molecule has 100 valence electrons. The lowest BCUT2D eigenvalue weighted by Crippen LogP contribution is -2.05. The summed E-state index contributed by atoms with van der Waals surface area (Å²) in [4.78, 5) is 11.1. The summed E-state index contributed by atoms with van der Waals surface area (Å²) in [6, 6.07) is 5.23. The normalized spacial score (nSPS) is 10.3. The molecule has 0 bridgehead atoms. The number of unbranched alkanes of at least 4 members (excludes halogenated alkanes) is 4. The number of carboxylic acids is 1. The number of rotatable bonds is 8. The van der Waals surface area contributed by atoms with E-state index in [0.29, 0.717) is 12.4 Å². The van der Waals surface area contributed by atoms with Crippen molar-refractivity contribution < 1.29 is 14.6 Å². The summed E-state index contributed by atoms with van der Waals surface area (Å²) < 4.78 is 6.45. The van der Waals surface area contributed by atoms with Gasteiger partial charge < -0.3 is 9.84 Å². The van der Waals surface area contributed by atoms with Crippen molar-refractivity contribution >= 4 is 28.6 Å². The van der Waals surface area contributed by atoms with Gasteiger partial charge in [-0.25, -0.2) is 4.79 Å². The summed E-state index contributed by atoms with van der Waals surface area (Å²) in [5.74, 6) is -0.465. The van der Waals surface area contributed by atoms with Crippen molar-refractivity contribution in [1.29, 1.82) is 0 Å². The van der Waals surface area contributed by atoms with Crippen LogP contribution in [0.3, 0.4) is 0 Å². The molecule has 0 saturated carbocycles. The van der Waals surface area contributed by atoms with Crippen molar-refractivity contribution in [3.63, 3.8) is 0 Å². The highest BCUT2D eigenvalue weighted by atomic mass is 127. The molecule has 0 fully saturated rings. The van der Waals surface area contributed by atoms with Gasteiger partial charge in [0.2, 0.25) is 0 Å². The van der Waals surface area contributed by atoms with Gasteiger partial charge in [-0.05, 0) is 47.2 Å². The summed E-state index contributed by atoms with van der Waals surface area (Å²) in [5.41, 5.74) is 0.246. The summed E-state index contributed by atoms with van der Waals surface area (Å²) in [6.07, 6.45) is 5.81. The lowest BCUT2D eigenvalue weighted by Gasteiger charge is -2.09. The first-order valence-corrected chi connectivity index (χ1v) is 7.38. The van der Waals surface area contributed by atoms with Gasteiger partial charge in [-0.15, -0.1) is 0 Å². The van der Waals surface area contributed by atoms with E-state index in [1.807, 2.05) is 6.07 Å². The van der Waals surface area contributed by atoms with Crippen LogP contribution in [0.4, 0.5) is 0 Å². The fourth-order valence-corrected chi connectivity index (χ4v) is 2.17. The second-order valence-corrected chi connectivity index (χ2v) is 5.45. The molecule has 3 nitrogen and oxygen atoms in total. The van der Waals surface area contributed by atoms with Crippen molar-refractivity contribution in [2.24, 2.45) is 0 Å². The lowest BCUT2D eigenvalue weighted by atomic mass is 10.1. The van der Waals surface area contributed by atoms with Gasteiger partial charge in [0.15, 0.2) is 0 Å². The Morgan fingerprint density at radius 1 is 1.28 bits per heavy atom. The van der Waals surface area contributed by atoms with Crippen molar-refractivity contribution in [1.82, 2.24) is 0 Å². The van der Waals surface area contributed by atoms with E-state index in [-0.39, 0.29) is 5.56 Å². The van der Waals surface area contributed by atoms with Crippen LogP contribution in [0.5, 0.6) is 5.75 Å². The number of hydrogen-bond donors (Lipinski definition) is 1. The van der Waals surface area contributed by atoms with E-state index in [9.17, 15) is 4.79 Å².